The van der Waals surface area contributed by atoms with Crippen molar-refractivity contribution < 1.29 is 19.1 Å². The number of hydrogen-bond acceptors (Lipinski definition) is 4. The fourth-order valence-corrected chi connectivity index (χ4v) is 3.22. The van der Waals surface area contributed by atoms with Crippen LogP contribution in [0.5, 0.6) is 0 Å². The van der Waals surface area contributed by atoms with Crippen molar-refractivity contribution in [1.82, 2.24) is 0 Å². The van der Waals surface area contributed by atoms with Crippen LogP contribution in [0.15, 0.2) is 0 Å². The van der Waals surface area contributed by atoms with Crippen LogP contribution in [0.4, 0.5) is 0 Å². The second-order valence-electron chi connectivity index (χ2n) is 5.87. The normalized spacial score (nSPS) is 40.3. The summed E-state index contributed by atoms with van der Waals surface area (Å²) in [4.78, 5) is 23.8. The van der Waals surface area contributed by atoms with E-state index in [0.29, 0.717) is 6.42 Å². The molecule has 1 aliphatic heterocycles. The first-order valence-corrected chi connectivity index (χ1v) is 6.26. The quantitative estimate of drug-likeness (QED) is 0.692. The molecule has 1 aliphatic carbocycles. The molecular formula is C13H20O4. The monoisotopic (exact) mass is 240 g/mol. The van der Waals surface area contributed by atoms with E-state index >= 15 is 0 Å². The van der Waals surface area contributed by atoms with Crippen LogP contribution in [0.25, 0.3) is 0 Å². The molecule has 17 heavy (non-hydrogen) atoms. The van der Waals surface area contributed by atoms with Crippen molar-refractivity contribution >= 4 is 11.9 Å². The van der Waals surface area contributed by atoms with Crippen LogP contribution in [-0.2, 0) is 19.1 Å². The summed E-state index contributed by atoms with van der Waals surface area (Å²) in [5, 5.41) is 0. The van der Waals surface area contributed by atoms with Crippen molar-refractivity contribution in [2.75, 3.05) is 0 Å². The zero-order chi connectivity index (χ0) is 12.8. The molecule has 2 aliphatic rings. The van der Waals surface area contributed by atoms with E-state index in [1.807, 2.05) is 27.7 Å². The molecule has 0 unspecified atom stereocenters. The summed E-state index contributed by atoms with van der Waals surface area (Å²) >= 11 is 0. The highest BCUT2D eigenvalue weighted by Gasteiger charge is 2.56. The maximum atomic E-state index is 12.0. The van der Waals surface area contributed by atoms with Gasteiger partial charge in [0.15, 0.2) is 0 Å². The van der Waals surface area contributed by atoms with Crippen molar-refractivity contribution in [2.24, 2.45) is 17.8 Å². The van der Waals surface area contributed by atoms with E-state index in [1.54, 1.807) is 0 Å². The molecule has 0 spiro atoms. The Morgan fingerprint density at radius 1 is 1.47 bits per heavy atom. The fraction of sp³-hybridized carbons (Fsp3) is 0.846. The first-order chi connectivity index (χ1) is 7.82. The van der Waals surface area contributed by atoms with Gasteiger partial charge < -0.3 is 9.47 Å². The van der Waals surface area contributed by atoms with Gasteiger partial charge in [-0.15, -0.1) is 0 Å². The van der Waals surface area contributed by atoms with E-state index < -0.39 is 0 Å². The number of rotatable bonds is 2. The van der Waals surface area contributed by atoms with Crippen LogP contribution in [0.1, 0.15) is 40.5 Å². The van der Waals surface area contributed by atoms with Gasteiger partial charge in [-0.3, -0.25) is 9.59 Å². The highest BCUT2D eigenvalue weighted by molar-refractivity contribution is 5.84. The van der Waals surface area contributed by atoms with Gasteiger partial charge in [-0.05, 0) is 33.1 Å². The molecule has 4 heteroatoms. The van der Waals surface area contributed by atoms with Crippen LogP contribution < -0.4 is 0 Å². The summed E-state index contributed by atoms with van der Waals surface area (Å²) < 4.78 is 10.6. The summed E-state index contributed by atoms with van der Waals surface area (Å²) in [6, 6.07) is 0. The first kappa shape index (κ1) is 12.4. The summed E-state index contributed by atoms with van der Waals surface area (Å²) in [6.45, 7) is 7.59. The Hall–Kier alpha value is -1.06. The number of hydrogen-bond donors (Lipinski definition) is 0. The Morgan fingerprint density at radius 2 is 2.12 bits per heavy atom. The molecule has 0 amide bonds. The van der Waals surface area contributed by atoms with E-state index in [1.165, 1.54) is 0 Å². The van der Waals surface area contributed by atoms with Crippen molar-refractivity contribution in [3.63, 3.8) is 0 Å². The molecule has 0 radical (unpaired) electrons. The largest absolute Gasteiger partial charge is 0.463 e. The van der Waals surface area contributed by atoms with Gasteiger partial charge in [0.25, 0.3) is 0 Å². The molecule has 0 aromatic heterocycles. The van der Waals surface area contributed by atoms with Crippen LogP contribution in [0, 0.1) is 17.8 Å². The highest BCUT2D eigenvalue weighted by Crippen LogP contribution is 2.48. The predicted molar refractivity (Wildman–Crippen MR) is 61.1 cm³/mol. The van der Waals surface area contributed by atoms with Crippen LogP contribution >= 0.6 is 0 Å². The molecule has 0 N–H and O–H groups in total. The zero-order valence-electron chi connectivity index (χ0n) is 10.9. The SMILES string of the molecule is CC(C)OC(=O)[C@@H]1[C@H](C)C[C@]2(C)C[C@@H]1C(=O)O2. The minimum Gasteiger partial charge on any atom is -0.463 e. The minimum absolute atomic E-state index is 0.136. The van der Waals surface area contributed by atoms with E-state index in [9.17, 15) is 9.59 Å². The van der Waals surface area contributed by atoms with Gasteiger partial charge >= 0.3 is 11.9 Å². The van der Waals surface area contributed by atoms with Crippen LogP contribution in [0.3, 0.4) is 0 Å². The maximum absolute atomic E-state index is 12.0. The van der Waals surface area contributed by atoms with Crippen LogP contribution in [0.2, 0.25) is 0 Å². The average molecular weight is 240 g/mol. The molecule has 2 fully saturated rings. The second-order valence-corrected chi connectivity index (χ2v) is 5.87. The van der Waals surface area contributed by atoms with E-state index in [4.69, 9.17) is 9.47 Å². The highest BCUT2D eigenvalue weighted by atomic mass is 16.6. The van der Waals surface area contributed by atoms with Gasteiger partial charge in [-0.1, -0.05) is 6.92 Å². The fourth-order valence-electron chi connectivity index (χ4n) is 3.22. The third kappa shape index (κ3) is 2.17. The van der Waals surface area contributed by atoms with Gasteiger partial charge in [0.2, 0.25) is 0 Å². The Bertz CT molecular complexity index is 349. The molecule has 0 aromatic carbocycles. The lowest BCUT2D eigenvalue weighted by atomic mass is 9.69. The lowest BCUT2D eigenvalue weighted by molar-refractivity contribution is -0.160. The molecule has 1 saturated heterocycles. The summed E-state index contributed by atoms with van der Waals surface area (Å²) in [6.07, 6.45) is 1.25. The molecule has 0 aromatic rings. The molecule has 4 nitrogen and oxygen atoms in total. The van der Waals surface area contributed by atoms with Gasteiger partial charge in [0, 0.05) is 6.42 Å². The Balaban J connectivity index is 2.17. The van der Waals surface area contributed by atoms with E-state index in [2.05, 4.69) is 0 Å². The van der Waals surface area contributed by atoms with Gasteiger partial charge in [0.05, 0.1) is 17.9 Å². The molecular weight excluding hydrogens is 220 g/mol. The molecule has 4 atom stereocenters. The van der Waals surface area contributed by atoms with E-state index in [-0.39, 0.29) is 41.4 Å². The lowest BCUT2D eigenvalue weighted by Crippen LogP contribution is -2.41. The first-order valence-electron chi connectivity index (χ1n) is 6.26. The van der Waals surface area contributed by atoms with Gasteiger partial charge in [0.1, 0.15) is 5.60 Å². The Labute approximate surface area is 102 Å². The summed E-state index contributed by atoms with van der Waals surface area (Å²) in [7, 11) is 0. The van der Waals surface area contributed by atoms with Crippen molar-refractivity contribution in [2.45, 2.75) is 52.2 Å². The zero-order valence-corrected chi connectivity index (χ0v) is 10.9. The smallest absolute Gasteiger partial charge is 0.310 e. The van der Waals surface area contributed by atoms with Gasteiger partial charge in [-0.2, -0.15) is 0 Å². The predicted octanol–water partition coefficient (Wildman–Crippen LogP) is 1.92. The Morgan fingerprint density at radius 3 is 2.71 bits per heavy atom. The Kier molecular flexibility index (Phi) is 2.92. The molecule has 96 valence electrons. The summed E-state index contributed by atoms with van der Waals surface area (Å²) in [5.74, 6) is -0.993. The number of ether oxygens (including phenoxy) is 2. The molecule has 2 rings (SSSR count). The van der Waals surface area contributed by atoms with Crippen LogP contribution in [-0.4, -0.2) is 23.6 Å². The van der Waals surface area contributed by atoms with Gasteiger partial charge in [-0.25, -0.2) is 0 Å². The molecule has 1 heterocycles. The summed E-state index contributed by atoms with van der Waals surface area (Å²) in [5.41, 5.74) is -0.365. The van der Waals surface area contributed by atoms with Crippen molar-refractivity contribution in [3.05, 3.63) is 0 Å². The number of fused-ring (bicyclic) bond motifs is 2. The molecule has 1 saturated carbocycles. The maximum Gasteiger partial charge on any atom is 0.310 e. The number of esters is 2. The standard InChI is InChI=1S/C13H20O4/c1-7(2)16-12(15)10-8(3)5-13(4)6-9(10)11(14)17-13/h7-10H,5-6H2,1-4H3/t8-,9+,10-,13-/m1/s1. The second kappa shape index (κ2) is 4.00. The topological polar surface area (TPSA) is 52.6 Å². The third-order valence-electron chi connectivity index (χ3n) is 3.73. The number of carbonyl (C=O) groups is 2. The lowest BCUT2D eigenvalue weighted by Gasteiger charge is -2.35. The molecule has 2 bridgehead atoms. The third-order valence-corrected chi connectivity index (χ3v) is 3.73. The van der Waals surface area contributed by atoms with E-state index in [0.717, 1.165) is 6.42 Å². The van der Waals surface area contributed by atoms with Crippen molar-refractivity contribution in [1.29, 1.82) is 0 Å². The minimum atomic E-state index is -0.365. The number of carbonyl (C=O) groups excluding carboxylic acids is 2. The average Bonchev–Trinajstić information content (AvgIpc) is 2.35. The van der Waals surface area contributed by atoms with Crippen molar-refractivity contribution in [3.8, 4) is 0 Å².